The molecule has 0 unspecified atom stereocenters. The van der Waals surface area contributed by atoms with Crippen LogP contribution in [-0.2, 0) is 17.8 Å². The number of aromatic nitrogens is 1. The van der Waals surface area contributed by atoms with E-state index in [-0.39, 0.29) is 5.91 Å². The highest BCUT2D eigenvalue weighted by Crippen LogP contribution is 2.28. The van der Waals surface area contributed by atoms with Gasteiger partial charge in [-0.2, -0.15) is 0 Å². The number of amides is 1. The molecule has 0 saturated carbocycles. The van der Waals surface area contributed by atoms with Crippen LogP contribution in [0.1, 0.15) is 25.0 Å². The fraction of sp³-hybridized carbons (Fsp3) is 0.478. The Morgan fingerprint density at radius 2 is 1.79 bits per heavy atom. The van der Waals surface area contributed by atoms with Gasteiger partial charge in [0.2, 0.25) is 5.91 Å². The van der Waals surface area contributed by atoms with Gasteiger partial charge in [0.15, 0.2) is 11.5 Å². The minimum atomic E-state index is 0.155. The third kappa shape index (κ3) is 5.48. The lowest BCUT2D eigenvalue weighted by Gasteiger charge is -2.46. The summed E-state index contributed by atoms with van der Waals surface area (Å²) in [6.45, 7) is 7.94. The van der Waals surface area contributed by atoms with Crippen LogP contribution in [0.5, 0.6) is 11.5 Å². The Morgan fingerprint density at radius 1 is 1.10 bits per heavy atom. The zero-order chi connectivity index (χ0) is 20.8. The molecule has 29 heavy (non-hydrogen) atoms. The number of likely N-dealkylation sites (tertiary alicyclic amines) is 1. The second kappa shape index (κ2) is 9.74. The van der Waals surface area contributed by atoms with E-state index < -0.39 is 0 Å². The average Bonchev–Trinajstić information content (AvgIpc) is 2.67. The lowest BCUT2D eigenvalue weighted by molar-refractivity contribution is -0.138. The molecule has 1 aliphatic rings. The first kappa shape index (κ1) is 21.1. The van der Waals surface area contributed by atoms with Crippen molar-refractivity contribution < 1.29 is 14.3 Å². The number of carbonyl (C=O) groups is 1. The van der Waals surface area contributed by atoms with E-state index in [1.54, 1.807) is 14.2 Å². The molecule has 3 rings (SSSR count). The first-order valence-electron chi connectivity index (χ1n) is 10.1. The Hall–Kier alpha value is -2.60. The first-order valence-corrected chi connectivity index (χ1v) is 10.1. The van der Waals surface area contributed by atoms with Crippen LogP contribution in [0.2, 0.25) is 0 Å². The zero-order valence-corrected chi connectivity index (χ0v) is 17.8. The molecule has 1 aliphatic heterocycles. The molecule has 0 N–H and O–H groups in total. The van der Waals surface area contributed by atoms with E-state index >= 15 is 0 Å². The number of hydrogen-bond donors (Lipinski definition) is 0. The SMILES string of the molecule is COc1ccc(CC(=O)N2CC(N(Cc3ccncc3)CC(C)C)C2)cc1OC. The van der Waals surface area contributed by atoms with Crippen LogP contribution < -0.4 is 9.47 Å². The van der Waals surface area contributed by atoms with Gasteiger partial charge in [-0.1, -0.05) is 19.9 Å². The van der Waals surface area contributed by atoms with Gasteiger partial charge in [0, 0.05) is 44.6 Å². The van der Waals surface area contributed by atoms with Crippen molar-refractivity contribution in [1.82, 2.24) is 14.8 Å². The van der Waals surface area contributed by atoms with E-state index in [1.807, 2.05) is 35.5 Å². The second-order valence-electron chi connectivity index (χ2n) is 8.00. The van der Waals surface area contributed by atoms with E-state index in [0.717, 1.165) is 31.7 Å². The Balaban J connectivity index is 1.57. The summed E-state index contributed by atoms with van der Waals surface area (Å²) in [6, 6.07) is 10.2. The van der Waals surface area contributed by atoms with Crippen molar-refractivity contribution in [2.24, 2.45) is 5.92 Å². The van der Waals surface area contributed by atoms with Gasteiger partial charge in [0.1, 0.15) is 0 Å². The third-order valence-corrected chi connectivity index (χ3v) is 5.27. The molecule has 1 aromatic carbocycles. The molecule has 0 radical (unpaired) electrons. The van der Waals surface area contributed by atoms with Crippen LogP contribution in [0, 0.1) is 5.92 Å². The van der Waals surface area contributed by atoms with Gasteiger partial charge in [-0.15, -0.1) is 0 Å². The topological polar surface area (TPSA) is 54.9 Å². The maximum atomic E-state index is 12.7. The van der Waals surface area contributed by atoms with Gasteiger partial charge in [0.25, 0.3) is 0 Å². The van der Waals surface area contributed by atoms with Crippen molar-refractivity contribution in [2.45, 2.75) is 32.9 Å². The standard InChI is InChI=1S/C23H31N3O3/c1-17(2)13-25(14-18-7-9-24-10-8-18)20-15-26(16-20)23(27)12-19-5-6-21(28-3)22(11-19)29-4/h5-11,17,20H,12-16H2,1-4H3. The molecule has 6 nitrogen and oxygen atoms in total. The van der Waals surface area contributed by atoms with Crippen molar-refractivity contribution in [3.63, 3.8) is 0 Å². The molecule has 2 aromatic rings. The lowest BCUT2D eigenvalue weighted by atomic mass is 10.0. The van der Waals surface area contributed by atoms with Crippen molar-refractivity contribution in [2.75, 3.05) is 33.9 Å². The van der Waals surface area contributed by atoms with Gasteiger partial charge >= 0.3 is 0 Å². The highest BCUT2D eigenvalue weighted by atomic mass is 16.5. The van der Waals surface area contributed by atoms with Crippen molar-refractivity contribution in [3.8, 4) is 11.5 Å². The molecule has 0 spiro atoms. The third-order valence-electron chi connectivity index (χ3n) is 5.27. The highest BCUT2D eigenvalue weighted by molar-refractivity contribution is 5.80. The minimum absolute atomic E-state index is 0.155. The monoisotopic (exact) mass is 397 g/mol. The van der Waals surface area contributed by atoms with E-state index in [2.05, 4.69) is 35.9 Å². The van der Waals surface area contributed by atoms with Crippen molar-refractivity contribution >= 4 is 5.91 Å². The van der Waals surface area contributed by atoms with Gasteiger partial charge in [-0.05, 0) is 41.3 Å². The molecule has 1 fully saturated rings. The maximum absolute atomic E-state index is 12.7. The van der Waals surface area contributed by atoms with Crippen LogP contribution in [-0.4, -0.2) is 60.6 Å². The van der Waals surface area contributed by atoms with Gasteiger partial charge < -0.3 is 14.4 Å². The second-order valence-corrected chi connectivity index (χ2v) is 8.00. The van der Waals surface area contributed by atoms with Crippen LogP contribution in [0.25, 0.3) is 0 Å². The van der Waals surface area contributed by atoms with Crippen LogP contribution in [0.3, 0.4) is 0 Å². The van der Waals surface area contributed by atoms with Gasteiger partial charge in [0.05, 0.1) is 20.6 Å². The van der Waals surface area contributed by atoms with E-state index in [1.165, 1.54) is 5.56 Å². The lowest BCUT2D eigenvalue weighted by Crippen LogP contribution is -2.61. The summed E-state index contributed by atoms with van der Waals surface area (Å²) in [5.74, 6) is 2.06. The van der Waals surface area contributed by atoms with E-state index in [4.69, 9.17) is 9.47 Å². The normalized spacial score (nSPS) is 14.2. The summed E-state index contributed by atoms with van der Waals surface area (Å²) in [5.41, 5.74) is 2.20. The number of methoxy groups -OCH3 is 2. The van der Waals surface area contributed by atoms with Gasteiger partial charge in [-0.25, -0.2) is 0 Å². The Bertz CT molecular complexity index is 804. The molecule has 156 valence electrons. The van der Waals surface area contributed by atoms with E-state index in [0.29, 0.717) is 29.9 Å². The molecule has 0 bridgehead atoms. The summed E-state index contributed by atoms with van der Waals surface area (Å²) in [6.07, 6.45) is 4.05. The summed E-state index contributed by atoms with van der Waals surface area (Å²) < 4.78 is 10.6. The summed E-state index contributed by atoms with van der Waals surface area (Å²) in [5, 5.41) is 0. The zero-order valence-electron chi connectivity index (χ0n) is 17.8. The number of carbonyl (C=O) groups excluding carboxylic acids is 1. The van der Waals surface area contributed by atoms with E-state index in [9.17, 15) is 4.79 Å². The Labute approximate surface area is 173 Å². The highest BCUT2D eigenvalue weighted by Gasteiger charge is 2.34. The number of nitrogens with zero attached hydrogens (tertiary/aromatic N) is 3. The summed E-state index contributed by atoms with van der Waals surface area (Å²) >= 11 is 0. The number of pyridine rings is 1. The number of ether oxygens (including phenoxy) is 2. The summed E-state index contributed by atoms with van der Waals surface area (Å²) in [4.78, 5) is 21.3. The Kier molecular flexibility index (Phi) is 7.09. The number of hydrogen-bond acceptors (Lipinski definition) is 5. The molecule has 1 aromatic heterocycles. The minimum Gasteiger partial charge on any atom is -0.493 e. The fourth-order valence-corrected chi connectivity index (χ4v) is 3.70. The quantitative estimate of drug-likeness (QED) is 0.651. The number of rotatable bonds is 9. The Morgan fingerprint density at radius 3 is 2.41 bits per heavy atom. The molecule has 1 saturated heterocycles. The molecule has 6 heteroatoms. The summed E-state index contributed by atoms with van der Waals surface area (Å²) in [7, 11) is 3.22. The smallest absolute Gasteiger partial charge is 0.227 e. The number of benzene rings is 1. The molecule has 1 amide bonds. The van der Waals surface area contributed by atoms with Crippen LogP contribution in [0.15, 0.2) is 42.7 Å². The predicted molar refractivity (Wildman–Crippen MR) is 113 cm³/mol. The molecule has 0 atom stereocenters. The molecule has 0 aliphatic carbocycles. The van der Waals surface area contributed by atoms with Gasteiger partial charge in [-0.3, -0.25) is 14.7 Å². The van der Waals surface area contributed by atoms with Crippen LogP contribution >= 0.6 is 0 Å². The molecule has 2 heterocycles. The predicted octanol–water partition coefficient (Wildman–Crippen LogP) is 3.01. The van der Waals surface area contributed by atoms with Crippen molar-refractivity contribution in [3.05, 3.63) is 53.9 Å². The largest absolute Gasteiger partial charge is 0.493 e. The van der Waals surface area contributed by atoms with Crippen molar-refractivity contribution in [1.29, 1.82) is 0 Å². The average molecular weight is 398 g/mol. The molecular weight excluding hydrogens is 366 g/mol. The first-order chi connectivity index (χ1) is 14.0. The molecular formula is C23H31N3O3. The van der Waals surface area contributed by atoms with Crippen LogP contribution in [0.4, 0.5) is 0 Å². The maximum Gasteiger partial charge on any atom is 0.227 e. The fourth-order valence-electron chi connectivity index (χ4n) is 3.70.